The molecule has 0 bridgehead atoms. The Morgan fingerprint density at radius 2 is 0.915 bits per heavy atom. The zero-order valence-electron chi connectivity index (χ0n) is 35.0. The second-order valence-corrected chi connectivity index (χ2v) is 21.4. The van der Waals surface area contributed by atoms with E-state index < -0.39 is 26.4 Å². The van der Waals surface area contributed by atoms with Crippen LogP contribution in [0.15, 0.2) is 190 Å². The van der Waals surface area contributed by atoms with Crippen molar-refractivity contribution < 1.29 is 26.6 Å². The summed E-state index contributed by atoms with van der Waals surface area (Å²) < 4.78 is 35.1. The maximum Gasteiger partial charge on any atom is 0.492 e. The maximum atomic E-state index is 8.29. The molecule has 0 saturated carbocycles. The molecule has 306 valence electrons. The predicted molar refractivity (Wildman–Crippen MR) is 251 cm³/mol. The van der Waals surface area contributed by atoms with Crippen molar-refractivity contribution in [1.29, 1.82) is 5.26 Å². The van der Waals surface area contributed by atoms with E-state index in [-0.39, 0.29) is 0 Å². The predicted octanol–water partition coefficient (Wildman–Crippen LogP) is 11.7. The standard InChI is InChI=1S/C23H22O2Si.C19H20O2Si.C7H15NO2Si/c1-19(21-13-7-4-8-14-21)24-26(3,23-17-11-6-12-18-23)25-20(2)22-15-9-5-10-16-22;1-4-15-22(20-16(2)18-11-7-5-8-12-18)21-17(3)19-13-9-6-10-14-19;1-9-11(3,10-2)7-5-4-6-8/h4-18H,1-2H2,3H3;4-15,22H,2-3H2,1H3;4-5,7H2,1-3H3. The Morgan fingerprint density at radius 1 is 0.576 bits per heavy atom. The van der Waals surface area contributed by atoms with E-state index in [0.29, 0.717) is 29.5 Å². The second-order valence-electron chi connectivity index (χ2n) is 13.4. The Labute approximate surface area is 356 Å². The van der Waals surface area contributed by atoms with Crippen molar-refractivity contribution in [3.63, 3.8) is 0 Å². The third-order valence-electron chi connectivity index (χ3n) is 8.97. The first-order valence-electron chi connectivity index (χ1n) is 19.3. The smallest absolute Gasteiger partial charge is 0.492 e. The van der Waals surface area contributed by atoms with Gasteiger partial charge in [-0.25, -0.2) is 0 Å². The molecule has 7 nitrogen and oxygen atoms in total. The molecule has 0 amide bonds. The van der Waals surface area contributed by atoms with E-state index in [4.69, 9.17) is 31.8 Å². The number of hydrogen-bond donors (Lipinski definition) is 0. The van der Waals surface area contributed by atoms with E-state index in [1.54, 1.807) is 14.2 Å². The van der Waals surface area contributed by atoms with Crippen molar-refractivity contribution in [3.05, 3.63) is 212 Å². The average molecular weight is 840 g/mol. The molecule has 0 radical (unpaired) electrons. The van der Waals surface area contributed by atoms with Crippen LogP contribution in [0.25, 0.3) is 23.0 Å². The van der Waals surface area contributed by atoms with E-state index in [1.807, 2.05) is 183 Å². The number of hydrogen-bond acceptors (Lipinski definition) is 7. The molecule has 5 aromatic carbocycles. The lowest BCUT2D eigenvalue weighted by Gasteiger charge is -2.30. The van der Waals surface area contributed by atoms with Crippen LogP contribution in [0.3, 0.4) is 0 Å². The van der Waals surface area contributed by atoms with Gasteiger partial charge in [-0.3, -0.25) is 0 Å². The summed E-state index contributed by atoms with van der Waals surface area (Å²) in [6.07, 6.45) is 3.41. The number of nitrogens with zero attached hydrogens (tertiary/aromatic N) is 1. The van der Waals surface area contributed by atoms with Crippen LogP contribution in [0, 0.1) is 11.3 Å². The van der Waals surface area contributed by atoms with Crippen molar-refractivity contribution in [3.8, 4) is 6.07 Å². The molecule has 59 heavy (non-hydrogen) atoms. The first-order chi connectivity index (χ1) is 28.5. The molecule has 0 N–H and O–H groups in total. The van der Waals surface area contributed by atoms with Gasteiger partial charge in [0.15, 0.2) is 0 Å². The topological polar surface area (TPSA) is 79.2 Å². The Bertz CT molecular complexity index is 1980. The molecule has 0 saturated heterocycles. The van der Waals surface area contributed by atoms with Gasteiger partial charge in [0.05, 0.1) is 6.07 Å². The van der Waals surface area contributed by atoms with Crippen LogP contribution in [-0.4, -0.2) is 40.6 Å². The minimum atomic E-state index is -2.82. The van der Waals surface area contributed by atoms with Crippen LogP contribution in [0.2, 0.25) is 19.1 Å². The average Bonchev–Trinajstić information content (AvgIpc) is 3.28. The molecule has 0 spiro atoms. The summed E-state index contributed by atoms with van der Waals surface area (Å²) in [5.41, 5.74) is 5.76. The van der Waals surface area contributed by atoms with Crippen LogP contribution in [0.4, 0.5) is 0 Å². The van der Waals surface area contributed by atoms with Gasteiger partial charge in [-0.05, 0) is 31.6 Å². The van der Waals surface area contributed by atoms with Crippen molar-refractivity contribution in [2.75, 3.05) is 14.2 Å². The summed E-state index contributed by atoms with van der Waals surface area (Å²) in [7, 11) is -3.43. The molecule has 0 fully saturated rings. The van der Waals surface area contributed by atoms with Gasteiger partial charge in [0, 0.05) is 54.6 Å². The number of allylic oxidation sites excluding steroid dienone is 1. The van der Waals surface area contributed by atoms with Gasteiger partial charge in [0.1, 0.15) is 23.0 Å². The van der Waals surface area contributed by atoms with Gasteiger partial charge in [0.2, 0.25) is 0 Å². The Kier molecular flexibility index (Phi) is 20.4. The summed E-state index contributed by atoms with van der Waals surface area (Å²) in [5, 5.41) is 9.31. The van der Waals surface area contributed by atoms with Gasteiger partial charge in [-0.2, -0.15) is 5.26 Å². The Hall–Kier alpha value is -5.94. The van der Waals surface area contributed by atoms with Gasteiger partial charge in [-0.1, -0.05) is 184 Å². The van der Waals surface area contributed by atoms with E-state index in [2.05, 4.69) is 32.4 Å². The maximum absolute atomic E-state index is 8.29. The molecule has 5 rings (SSSR count). The largest absolute Gasteiger partial charge is 0.511 e. The van der Waals surface area contributed by atoms with E-state index in [0.717, 1.165) is 39.9 Å². The molecule has 0 aliphatic rings. The highest BCUT2D eigenvalue weighted by molar-refractivity contribution is 6.81. The van der Waals surface area contributed by atoms with Crippen LogP contribution >= 0.6 is 0 Å². The molecule has 0 unspecified atom stereocenters. The third-order valence-corrected chi connectivity index (χ3v) is 16.3. The molecule has 0 heterocycles. The second kappa shape index (κ2) is 25.4. The molecule has 0 atom stereocenters. The molecular weight excluding hydrogens is 783 g/mol. The van der Waals surface area contributed by atoms with Gasteiger partial charge in [0.25, 0.3) is 0 Å². The molecule has 0 aromatic heterocycles. The first-order valence-corrected chi connectivity index (χ1v) is 25.8. The third kappa shape index (κ3) is 16.4. The lowest BCUT2D eigenvalue weighted by atomic mass is 10.2. The summed E-state index contributed by atoms with van der Waals surface area (Å²) in [4.78, 5) is 0. The van der Waals surface area contributed by atoms with E-state index in [9.17, 15) is 0 Å². The molecule has 0 aliphatic carbocycles. The lowest BCUT2D eigenvalue weighted by Crippen LogP contribution is -2.50. The van der Waals surface area contributed by atoms with Crippen LogP contribution < -0.4 is 5.19 Å². The first kappa shape index (κ1) is 47.4. The fraction of sp³-hybridized carbons (Fsp3) is 0.163. The van der Waals surface area contributed by atoms with Gasteiger partial charge in [-0.15, -0.1) is 0 Å². The van der Waals surface area contributed by atoms with E-state index >= 15 is 0 Å². The number of rotatable bonds is 19. The lowest BCUT2D eigenvalue weighted by molar-refractivity contribution is 0.248. The Morgan fingerprint density at radius 3 is 1.24 bits per heavy atom. The zero-order chi connectivity index (χ0) is 42.9. The highest BCUT2D eigenvalue weighted by atomic mass is 28.4. The van der Waals surface area contributed by atoms with E-state index in [1.165, 1.54) is 0 Å². The van der Waals surface area contributed by atoms with Gasteiger partial charge >= 0.3 is 26.4 Å². The summed E-state index contributed by atoms with van der Waals surface area (Å²) >= 11 is 0. The van der Waals surface area contributed by atoms with Crippen LogP contribution in [-0.2, 0) is 26.6 Å². The summed E-state index contributed by atoms with van der Waals surface area (Å²) in [6, 6.07) is 52.4. The molecule has 10 heteroatoms. The highest BCUT2D eigenvalue weighted by Crippen LogP contribution is 2.26. The molecular formula is C49H57NO6Si3. The fourth-order valence-electron chi connectivity index (χ4n) is 5.42. The van der Waals surface area contributed by atoms with Gasteiger partial charge < -0.3 is 26.6 Å². The highest BCUT2D eigenvalue weighted by Gasteiger charge is 2.40. The SMILES string of the molecule is C=C(O[SiH](C=CC)OC(=C)c1ccccc1)c1ccccc1.C=C(O[Si](C)(OC(=C)c1ccccc1)c1ccccc1)c1ccccc1.CO[Si](C)(CCCC#N)OC. The zero-order valence-corrected chi connectivity index (χ0v) is 38.2. The minimum Gasteiger partial charge on any atom is -0.511 e. The minimum absolute atomic E-state index is 0.593. The van der Waals surface area contributed by atoms with Crippen molar-refractivity contribution in [1.82, 2.24) is 0 Å². The summed E-state index contributed by atoms with van der Waals surface area (Å²) in [6.45, 7) is 22.2. The van der Waals surface area contributed by atoms with Crippen molar-refractivity contribution in [2.24, 2.45) is 0 Å². The monoisotopic (exact) mass is 839 g/mol. The quantitative estimate of drug-likeness (QED) is 0.0465. The van der Waals surface area contributed by atoms with Crippen LogP contribution in [0.5, 0.6) is 0 Å². The van der Waals surface area contributed by atoms with Crippen molar-refractivity contribution >= 4 is 54.6 Å². The number of unbranched alkanes of at least 4 members (excludes halogenated alkanes) is 1. The number of nitriles is 1. The van der Waals surface area contributed by atoms with Crippen molar-refractivity contribution in [2.45, 2.75) is 38.9 Å². The normalized spacial score (nSPS) is 10.8. The fourth-order valence-corrected chi connectivity index (χ4v) is 10.4. The molecule has 5 aromatic rings. The van der Waals surface area contributed by atoms with Crippen LogP contribution in [0.1, 0.15) is 42.0 Å². The number of benzene rings is 5. The molecule has 0 aliphatic heterocycles. The summed E-state index contributed by atoms with van der Waals surface area (Å²) in [5.74, 6) is 2.45. The Balaban J connectivity index is 0.000000256.